The van der Waals surface area contributed by atoms with Gasteiger partial charge in [-0.05, 0) is 12.8 Å². The van der Waals surface area contributed by atoms with Crippen molar-refractivity contribution < 1.29 is 13.2 Å². The average molecular weight is 259 g/mol. The molecule has 2 bridgehead atoms. The van der Waals surface area contributed by atoms with Crippen molar-refractivity contribution in [1.29, 1.82) is 0 Å². The quantitative estimate of drug-likeness (QED) is 0.756. The van der Waals surface area contributed by atoms with Gasteiger partial charge in [-0.3, -0.25) is 9.69 Å². The van der Waals surface area contributed by atoms with Crippen molar-refractivity contribution in [2.45, 2.75) is 51.1 Å². The molecule has 0 aliphatic carbocycles. The molecule has 2 unspecified atom stereocenters. The largest absolute Gasteiger partial charge is 0.300 e. The Labute approximate surface area is 103 Å². The normalized spacial score (nSPS) is 30.5. The molecule has 2 atom stereocenters. The van der Waals surface area contributed by atoms with Gasteiger partial charge in [0, 0.05) is 37.2 Å². The van der Waals surface area contributed by atoms with E-state index in [4.69, 9.17) is 0 Å². The smallest absolute Gasteiger partial charge is 0.151 e. The summed E-state index contributed by atoms with van der Waals surface area (Å²) in [6.45, 7) is 2.30. The number of sulfone groups is 1. The summed E-state index contributed by atoms with van der Waals surface area (Å²) in [5.74, 6) is 0.814. The van der Waals surface area contributed by atoms with E-state index in [2.05, 4.69) is 4.90 Å². The van der Waals surface area contributed by atoms with Crippen LogP contribution < -0.4 is 0 Å². The van der Waals surface area contributed by atoms with E-state index in [1.807, 2.05) is 0 Å². The summed E-state index contributed by atoms with van der Waals surface area (Å²) >= 11 is 0. The highest BCUT2D eigenvalue weighted by atomic mass is 32.2. The van der Waals surface area contributed by atoms with Gasteiger partial charge < -0.3 is 0 Å². The Kier molecular flexibility index (Phi) is 3.88. The lowest BCUT2D eigenvalue weighted by Gasteiger charge is -2.45. The van der Waals surface area contributed by atoms with Crippen LogP contribution in [0.2, 0.25) is 0 Å². The van der Waals surface area contributed by atoms with Crippen LogP contribution in [0.1, 0.15) is 39.0 Å². The summed E-state index contributed by atoms with van der Waals surface area (Å²) in [7, 11) is -2.89. The molecule has 2 heterocycles. The van der Waals surface area contributed by atoms with Crippen LogP contribution in [0.15, 0.2) is 0 Å². The van der Waals surface area contributed by atoms with Gasteiger partial charge in [0.15, 0.2) is 9.84 Å². The number of Topliss-reactive ketones (excluding diaryl/α,β-unsaturated/α-hetero) is 1. The molecular formula is C12H21NO3S. The molecule has 2 fully saturated rings. The zero-order valence-corrected chi connectivity index (χ0v) is 11.2. The van der Waals surface area contributed by atoms with Crippen LogP contribution >= 0.6 is 0 Å². The van der Waals surface area contributed by atoms with Crippen molar-refractivity contribution in [1.82, 2.24) is 4.90 Å². The number of fused-ring (bicyclic) bond motifs is 2. The maximum Gasteiger partial charge on any atom is 0.151 e. The highest BCUT2D eigenvalue weighted by molar-refractivity contribution is 7.91. The van der Waals surface area contributed by atoms with Gasteiger partial charge in [0.05, 0.1) is 5.75 Å². The molecule has 0 amide bonds. The molecule has 0 N–H and O–H groups in total. The number of nitrogens with zero attached hydrogens (tertiary/aromatic N) is 1. The van der Waals surface area contributed by atoms with Gasteiger partial charge in [-0.2, -0.15) is 0 Å². The standard InChI is InChI=1S/C12H21NO3S/c1-2-17(15,16)7-6-13-10-4-3-5-11(13)9-12(14)8-10/h10-11H,2-9H2,1H3. The number of carbonyl (C=O) groups is 1. The molecule has 0 aromatic carbocycles. The number of rotatable bonds is 4. The first-order chi connectivity index (χ1) is 8.02. The zero-order chi connectivity index (χ0) is 12.5. The summed E-state index contributed by atoms with van der Waals surface area (Å²) in [5.41, 5.74) is 0. The van der Waals surface area contributed by atoms with E-state index >= 15 is 0 Å². The predicted molar refractivity (Wildman–Crippen MR) is 66.7 cm³/mol. The monoisotopic (exact) mass is 259 g/mol. The van der Waals surface area contributed by atoms with Gasteiger partial charge in [-0.1, -0.05) is 13.3 Å². The minimum absolute atomic E-state index is 0.217. The highest BCUT2D eigenvalue weighted by Gasteiger charge is 2.37. The molecular weight excluding hydrogens is 238 g/mol. The Morgan fingerprint density at radius 1 is 1.24 bits per heavy atom. The Morgan fingerprint density at radius 2 is 1.82 bits per heavy atom. The summed E-state index contributed by atoms with van der Waals surface area (Å²) < 4.78 is 23.1. The molecule has 98 valence electrons. The van der Waals surface area contributed by atoms with Crippen LogP contribution in [0.3, 0.4) is 0 Å². The van der Waals surface area contributed by atoms with Crippen LogP contribution in [-0.4, -0.2) is 49.2 Å². The van der Waals surface area contributed by atoms with Gasteiger partial charge in [-0.15, -0.1) is 0 Å². The zero-order valence-electron chi connectivity index (χ0n) is 10.4. The average Bonchev–Trinajstić information content (AvgIpc) is 2.26. The van der Waals surface area contributed by atoms with Gasteiger partial charge in [0.1, 0.15) is 5.78 Å². The molecule has 0 aromatic rings. The minimum Gasteiger partial charge on any atom is -0.300 e. The van der Waals surface area contributed by atoms with E-state index in [9.17, 15) is 13.2 Å². The lowest BCUT2D eigenvalue weighted by atomic mass is 9.84. The Bertz CT molecular complexity index is 375. The van der Waals surface area contributed by atoms with E-state index in [0.29, 0.717) is 37.3 Å². The molecule has 2 aliphatic rings. The lowest BCUT2D eigenvalue weighted by molar-refractivity contribution is -0.126. The first kappa shape index (κ1) is 13.0. The highest BCUT2D eigenvalue weighted by Crippen LogP contribution is 2.31. The molecule has 0 radical (unpaired) electrons. The summed E-state index contributed by atoms with van der Waals surface area (Å²) in [6, 6.07) is 0.615. The maximum atomic E-state index is 11.5. The van der Waals surface area contributed by atoms with Crippen molar-refractivity contribution in [3.8, 4) is 0 Å². The molecule has 2 aliphatic heterocycles. The van der Waals surface area contributed by atoms with Crippen LogP contribution in [-0.2, 0) is 14.6 Å². The molecule has 5 heteroatoms. The SMILES string of the molecule is CCS(=O)(=O)CCN1C2CCCC1CC(=O)C2. The van der Waals surface area contributed by atoms with E-state index in [1.165, 1.54) is 6.42 Å². The summed E-state index contributed by atoms with van der Waals surface area (Å²) in [5, 5.41) is 0. The van der Waals surface area contributed by atoms with E-state index in [0.717, 1.165) is 12.8 Å². The molecule has 0 saturated carbocycles. The van der Waals surface area contributed by atoms with Crippen molar-refractivity contribution in [3.63, 3.8) is 0 Å². The summed E-state index contributed by atoms with van der Waals surface area (Å²) in [4.78, 5) is 13.8. The minimum atomic E-state index is -2.89. The van der Waals surface area contributed by atoms with Crippen LogP contribution in [0.5, 0.6) is 0 Å². The third kappa shape index (κ3) is 3.07. The third-order valence-corrected chi connectivity index (χ3v) is 5.72. The molecule has 4 nitrogen and oxygen atoms in total. The molecule has 0 aromatic heterocycles. The first-order valence-electron chi connectivity index (χ1n) is 6.49. The van der Waals surface area contributed by atoms with Crippen molar-refractivity contribution in [2.24, 2.45) is 0 Å². The second-order valence-corrected chi connectivity index (χ2v) is 7.63. The van der Waals surface area contributed by atoms with Crippen LogP contribution in [0.4, 0.5) is 0 Å². The Morgan fingerprint density at radius 3 is 2.35 bits per heavy atom. The Hall–Kier alpha value is -0.420. The predicted octanol–water partition coefficient (Wildman–Crippen LogP) is 1.01. The van der Waals surface area contributed by atoms with E-state index < -0.39 is 9.84 Å². The fourth-order valence-corrected chi connectivity index (χ4v) is 3.80. The second-order valence-electron chi connectivity index (χ2n) is 5.16. The van der Waals surface area contributed by atoms with Crippen LogP contribution in [0, 0.1) is 0 Å². The van der Waals surface area contributed by atoms with Gasteiger partial charge >= 0.3 is 0 Å². The number of hydrogen-bond acceptors (Lipinski definition) is 4. The Balaban J connectivity index is 1.98. The molecule has 2 rings (SSSR count). The van der Waals surface area contributed by atoms with E-state index in [-0.39, 0.29) is 11.5 Å². The van der Waals surface area contributed by atoms with Crippen LogP contribution in [0.25, 0.3) is 0 Å². The summed E-state index contributed by atoms with van der Waals surface area (Å²) in [6.07, 6.45) is 4.54. The maximum absolute atomic E-state index is 11.5. The van der Waals surface area contributed by atoms with E-state index in [1.54, 1.807) is 6.92 Å². The number of hydrogen-bond donors (Lipinski definition) is 0. The number of piperidine rings is 2. The van der Waals surface area contributed by atoms with Crippen molar-refractivity contribution >= 4 is 15.6 Å². The fourth-order valence-electron chi connectivity index (χ4n) is 3.02. The number of ketones is 1. The number of carbonyl (C=O) groups excluding carboxylic acids is 1. The lowest BCUT2D eigenvalue weighted by Crippen LogP contribution is -2.53. The van der Waals surface area contributed by atoms with Gasteiger partial charge in [-0.25, -0.2) is 8.42 Å². The molecule has 17 heavy (non-hydrogen) atoms. The molecule has 2 saturated heterocycles. The third-order valence-electron chi connectivity index (χ3n) is 4.04. The fraction of sp³-hybridized carbons (Fsp3) is 0.917. The second kappa shape index (κ2) is 5.06. The van der Waals surface area contributed by atoms with Crippen molar-refractivity contribution in [2.75, 3.05) is 18.1 Å². The topological polar surface area (TPSA) is 54.5 Å². The van der Waals surface area contributed by atoms with Crippen molar-refractivity contribution in [3.05, 3.63) is 0 Å². The van der Waals surface area contributed by atoms with Gasteiger partial charge in [0.2, 0.25) is 0 Å². The molecule has 0 spiro atoms. The van der Waals surface area contributed by atoms with Gasteiger partial charge in [0.25, 0.3) is 0 Å². The first-order valence-corrected chi connectivity index (χ1v) is 8.32.